The monoisotopic (exact) mass is 433 g/mol. The molecule has 1 spiro atoms. The zero-order valence-corrected chi connectivity index (χ0v) is 18.0. The average Bonchev–Trinajstić information content (AvgIpc) is 3.47. The maximum atomic E-state index is 6.70. The lowest BCUT2D eigenvalue weighted by Gasteiger charge is -2.51. The lowest BCUT2D eigenvalue weighted by atomic mass is 9.91. The van der Waals surface area contributed by atoms with Gasteiger partial charge in [0, 0.05) is 49.5 Å². The molecule has 6 heteroatoms. The normalized spacial score (nSPS) is 22.0. The lowest BCUT2D eigenvalue weighted by Crippen LogP contribution is -2.59. The molecule has 5 nitrogen and oxygen atoms in total. The number of hydrazone groups is 1. The Labute approximate surface area is 186 Å². The molecule has 0 N–H and O–H groups in total. The molecular weight excluding hydrogens is 410 g/mol. The molecule has 0 saturated carbocycles. The van der Waals surface area contributed by atoms with Crippen molar-refractivity contribution in [3.63, 3.8) is 0 Å². The van der Waals surface area contributed by atoms with Gasteiger partial charge in [0.1, 0.15) is 17.2 Å². The molecule has 0 radical (unpaired) electrons. The average molecular weight is 434 g/mol. The molecule has 0 bridgehead atoms. The standard InChI is InChI=1S/C25H24ClN3O2/c26-19-8-9-23-20(15-19)22-16-21(24-7-4-14-30-24)27-29(22)25(31-23)10-12-28(13-11-25)17-18-5-2-1-3-6-18/h1-9,14-15,22H,10-13,16-17H2/t22-/m1/s1. The Morgan fingerprint density at radius 3 is 2.65 bits per heavy atom. The van der Waals surface area contributed by atoms with Crippen LogP contribution in [0.15, 0.2) is 76.4 Å². The van der Waals surface area contributed by atoms with Gasteiger partial charge >= 0.3 is 0 Å². The number of halogens is 1. The molecule has 6 rings (SSSR count). The summed E-state index contributed by atoms with van der Waals surface area (Å²) in [4.78, 5) is 2.50. The third-order valence-corrected chi connectivity index (χ3v) is 6.89. The summed E-state index contributed by atoms with van der Waals surface area (Å²) in [5, 5.41) is 7.96. The maximum absolute atomic E-state index is 6.70. The number of rotatable bonds is 3. The van der Waals surface area contributed by atoms with Crippen molar-refractivity contribution < 1.29 is 9.15 Å². The predicted octanol–water partition coefficient (Wildman–Crippen LogP) is 5.47. The third-order valence-electron chi connectivity index (χ3n) is 6.65. The van der Waals surface area contributed by atoms with Gasteiger partial charge in [-0.3, -0.25) is 4.90 Å². The number of hydrogen-bond acceptors (Lipinski definition) is 5. The highest BCUT2D eigenvalue weighted by Gasteiger charge is 2.52. The summed E-state index contributed by atoms with van der Waals surface area (Å²) in [6.45, 7) is 2.90. The molecule has 1 aromatic heterocycles. The molecule has 4 heterocycles. The first-order valence-electron chi connectivity index (χ1n) is 10.9. The highest BCUT2D eigenvalue weighted by molar-refractivity contribution is 6.30. The van der Waals surface area contributed by atoms with Crippen molar-refractivity contribution >= 4 is 17.3 Å². The second kappa shape index (κ2) is 7.43. The van der Waals surface area contributed by atoms with Crippen molar-refractivity contribution in [1.29, 1.82) is 0 Å². The number of ether oxygens (including phenoxy) is 1. The Kier molecular flexibility index (Phi) is 4.55. The fourth-order valence-electron chi connectivity index (χ4n) is 5.08. The quantitative estimate of drug-likeness (QED) is 0.549. The minimum atomic E-state index is -0.437. The van der Waals surface area contributed by atoms with Gasteiger partial charge in [-0.25, -0.2) is 5.01 Å². The molecule has 3 aromatic rings. The number of piperidine rings is 1. The number of hydrogen-bond donors (Lipinski definition) is 0. The summed E-state index contributed by atoms with van der Waals surface area (Å²) in [6, 6.07) is 20.6. The summed E-state index contributed by atoms with van der Waals surface area (Å²) in [6.07, 6.45) is 4.29. The molecule has 3 aliphatic rings. The van der Waals surface area contributed by atoms with Crippen LogP contribution in [0, 0.1) is 0 Å². The Morgan fingerprint density at radius 2 is 1.87 bits per heavy atom. The van der Waals surface area contributed by atoms with E-state index in [0.717, 1.165) is 66.7 Å². The van der Waals surface area contributed by atoms with Crippen LogP contribution in [-0.2, 0) is 6.54 Å². The highest BCUT2D eigenvalue weighted by Crippen LogP contribution is 2.50. The van der Waals surface area contributed by atoms with Crippen molar-refractivity contribution in [3.05, 3.63) is 88.8 Å². The van der Waals surface area contributed by atoms with Gasteiger partial charge in [0.25, 0.3) is 0 Å². The summed E-state index contributed by atoms with van der Waals surface area (Å²) >= 11 is 6.34. The molecule has 0 aliphatic carbocycles. The molecule has 0 amide bonds. The first-order valence-corrected chi connectivity index (χ1v) is 11.2. The van der Waals surface area contributed by atoms with E-state index in [0.29, 0.717) is 0 Å². The number of likely N-dealkylation sites (tertiary alicyclic amines) is 1. The first-order chi connectivity index (χ1) is 15.2. The maximum Gasteiger partial charge on any atom is 0.200 e. The molecule has 1 saturated heterocycles. The molecule has 0 unspecified atom stereocenters. The SMILES string of the molecule is Clc1ccc2c(c1)[C@H]1CC(c3ccco3)=NN1C1(CCN(Cc3ccccc3)CC1)O2. The number of furan rings is 1. The van der Waals surface area contributed by atoms with E-state index in [2.05, 4.69) is 40.2 Å². The highest BCUT2D eigenvalue weighted by atomic mass is 35.5. The molecule has 2 aromatic carbocycles. The van der Waals surface area contributed by atoms with Crippen LogP contribution in [-0.4, -0.2) is 34.4 Å². The van der Waals surface area contributed by atoms with Crippen LogP contribution in [0.1, 0.15) is 42.2 Å². The van der Waals surface area contributed by atoms with Crippen LogP contribution < -0.4 is 4.74 Å². The second-order valence-corrected chi connectivity index (χ2v) is 9.02. The van der Waals surface area contributed by atoms with E-state index in [-0.39, 0.29) is 6.04 Å². The molecule has 3 aliphatic heterocycles. The predicted molar refractivity (Wildman–Crippen MR) is 120 cm³/mol. The number of fused-ring (bicyclic) bond motifs is 4. The van der Waals surface area contributed by atoms with Crippen molar-refractivity contribution in [1.82, 2.24) is 9.91 Å². The van der Waals surface area contributed by atoms with Crippen molar-refractivity contribution in [2.45, 2.75) is 37.6 Å². The number of benzene rings is 2. The van der Waals surface area contributed by atoms with E-state index in [9.17, 15) is 0 Å². The van der Waals surface area contributed by atoms with Gasteiger partial charge in [-0.15, -0.1) is 0 Å². The fraction of sp³-hybridized carbons (Fsp3) is 0.320. The summed E-state index contributed by atoms with van der Waals surface area (Å²) in [5.41, 5.74) is 2.99. The van der Waals surface area contributed by atoms with Gasteiger partial charge in [-0.2, -0.15) is 5.10 Å². The fourth-order valence-corrected chi connectivity index (χ4v) is 5.26. The van der Waals surface area contributed by atoms with Gasteiger partial charge in [-0.05, 0) is 35.9 Å². The third kappa shape index (κ3) is 3.33. The first kappa shape index (κ1) is 19.0. The molecule has 31 heavy (non-hydrogen) atoms. The summed E-state index contributed by atoms with van der Waals surface area (Å²) in [5.74, 6) is 1.76. The Balaban J connectivity index is 1.30. The van der Waals surface area contributed by atoms with Crippen molar-refractivity contribution in [2.24, 2.45) is 5.10 Å². The van der Waals surface area contributed by atoms with Gasteiger partial charge in [0.15, 0.2) is 0 Å². The van der Waals surface area contributed by atoms with Gasteiger partial charge in [0.05, 0.1) is 12.3 Å². The minimum absolute atomic E-state index is 0.114. The Hall–Kier alpha value is -2.76. The van der Waals surface area contributed by atoms with E-state index >= 15 is 0 Å². The van der Waals surface area contributed by atoms with E-state index in [1.54, 1.807) is 6.26 Å². The second-order valence-electron chi connectivity index (χ2n) is 8.58. The van der Waals surface area contributed by atoms with E-state index in [1.807, 2.05) is 30.3 Å². The van der Waals surface area contributed by atoms with Crippen LogP contribution in [0.25, 0.3) is 0 Å². The lowest BCUT2D eigenvalue weighted by molar-refractivity contribution is -0.150. The molecule has 1 fully saturated rings. The number of nitrogens with zero attached hydrogens (tertiary/aromatic N) is 3. The van der Waals surface area contributed by atoms with Crippen molar-refractivity contribution in [3.8, 4) is 5.75 Å². The molecule has 1 atom stereocenters. The van der Waals surface area contributed by atoms with Gasteiger partial charge < -0.3 is 9.15 Å². The van der Waals surface area contributed by atoms with Crippen molar-refractivity contribution in [2.75, 3.05) is 13.1 Å². The molecule has 158 valence electrons. The largest absolute Gasteiger partial charge is 0.466 e. The van der Waals surface area contributed by atoms with Gasteiger partial charge in [0.2, 0.25) is 5.72 Å². The molecular formula is C25H24ClN3O2. The minimum Gasteiger partial charge on any atom is -0.466 e. The van der Waals surface area contributed by atoms with Crippen LogP contribution in [0.4, 0.5) is 0 Å². The summed E-state index contributed by atoms with van der Waals surface area (Å²) < 4.78 is 12.4. The van der Waals surface area contributed by atoms with Gasteiger partial charge in [-0.1, -0.05) is 41.9 Å². The Morgan fingerprint density at radius 1 is 1.03 bits per heavy atom. The topological polar surface area (TPSA) is 41.2 Å². The van der Waals surface area contributed by atoms with E-state index in [4.69, 9.17) is 25.9 Å². The smallest absolute Gasteiger partial charge is 0.200 e. The van der Waals surface area contributed by atoms with Crippen LogP contribution in [0.3, 0.4) is 0 Å². The Bertz CT molecular complexity index is 1110. The van der Waals surface area contributed by atoms with Crippen LogP contribution in [0.2, 0.25) is 5.02 Å². The van der Waals surface area contributed by atoms with E-state index in [1.165, 1.54) is 5.56 Å². The van der Waals surface area contributed by atoms with Crippen LogP contribution in [0.5, 0.6) is 5.75 Å². The van der Waals surface area contributed by atoms with E-state index < -0.39 is 5.72 Å². The van der Waals surface area contributed by atoms with Crippen LogP contribution >= 0.6 is 11.6 Å². The zero-order chi connectivity index (χ0) is 20.8. The zero-order valence-electron chi connectivity index (χ0n) is 17.2. The summed E-state index contributed by atoms with van der Waals surface area (Å²) in [7, 11) is 0.